The Bertz CT molecular complexity index is 1550. The maximum absolute atomic E-state index is 12.7. The summed E-state index contributed by atoms with van der Waals surface area (Å²) in [6.45, 7) is 6.07. The molecular formula is C31H33F3N6O2S. The SMILES string of the molecule is CC(/C=N/N=C1\SCC(=O)N1c1ccccc1C(C)C)=C\c1cnc(N(C)c2ccc(OC(F)(F)F)cc2)c(N(C)C)c1. The van der Waals surface area contributed by atoms with Gasteiger partial charge in [0.25, 0.3) is 0 Å². The summed E-state index contributed by atoms with van der Waals surface area (Å²) in [6, 6.07) is 15.4. The number of aromatic nitrogens is 1. The van der Waals surface area contributed by atoms with Gasteiger partial charge < -0.3 is 14.5 Å². The Morgan fingerprint density at radius 1 is 1.12 bits per heavy atom. The van der Waals surface area contributed by atoms with Crippen LogP contribution < -0.4 is 19.4 Å². The first-order chi connectivity index (χ1) is 20.3. The summed E-state index contributed by atoms with van der Waals surface area (Å²) >= 11 is 1.36. The molecule has 0 unspecified atom stereocenters. The zero-order chi connectivity index (χ0) is 31.3. The van der Waals surface area contributed by atoms with Crippen LogP contribution in [0.15, 0.2) is 76.6 Å². The van der Waals surface area contributed by atoms with Crippen LogP contribution >= 0.6 is 11.8 Å². The predicted molar refractivity (Wildman–Crippen MR) is 170 cm³/mol. The second-order valence-corrected chi connectivity index (χ2v) is 11.3. The molecule has 4 rings (SSSR count). The van der Waals surface area contributed by atoms with Crippen LogP contribution in [-0.2, 0) is 4.79 Å². The zero-order valence-corrected chi connectivity index (χ0v) is 25.6. The number of ether oxygens (including phenoxy) is 1. The fourth-order valence-corrected chi connectivity index (χ4v) is 5.26. The van der Waals surface area contributed by atoms with Crippen LogP contribution in [0.25, 0.3) is 6.08 Å². The first-order valence-corrected chi connectivity index (χ1v) is 14.4. The maximum atomic E-state index is 12.7. The number of halogens is 3. The summed E-state index contributed by atoms with van der Waals surface area (Å²) in [5.74, 6) is 0.849. The number of allylic oxidation sites excluding steroid dienone is 1. The smallest absolute Gasteiger partial charge is 0.406 e. The van der Waals surface area contributed by atoms with Gasteiger partial charge >= 0.3 is 6.36 Å². The molecule has 43 heavy (non-hydrogen) atoms. The molecular weight excluding hydrogens is 577 g/mol. The molecule has 0 spiro atoms. The molecule has 0 saturated carbocycles. The number of thioether (sulfide) groups is 1. The van der Waals surface area contributed by atoms with Crippen molar-refractivity contribution in [3.63, 3.8) is 0 Å². The molecule has 226 valence electrons. The van der Waals surface area contributed by atoms with Gasteiger partial charge in [0.05, 0.1) is 23.3 Å². The third kappa shape index (κ3) is 7.95. The van der Waals surface area contributed by atoms with Crippen LogP contribution in [0.1, 0.15) is 37.8 Å². The van der Waals surface area contributed by atoms with E-state index in [1.165, 1.54) is 36.0 Å². The molecule has 3 aromatic rings. The van der Waals surface area contributed by atoms with Gasteiger partial charge in [0.15, 0.2) is 11.0 Å². The van der Waals surface area contributed by atoms with Crippen molar-refractivity contribution < 1.29 is 22.7 Å². The van der Waals surface area contributed by atoms with Gasteiger partial charge in [0.2, 0.25) is 5.91 Å². The Kier molecular flexibility index (Phi) is 9.80. The summed E-state index contributed by atoms with van der Waals surface area (Å²) in [5, 5.41) is 9.17. The van der Waals surface area contributed by atoms with Gasteiger partial charge in [-0.05, 0) is 72.0 Å². The molecule has 0 bridgehead atoms. The van der Waals surface area contributed by atoms with E-state index in [1.807, 2.05) is 62.3 Å². The van der Waals surface area contributed by atoms with Gasteiger partial charge in [0, 0.05) is 33.0 Å². The summed E-state index contributed by atoms with van der Waals surface area (Å²) in [4.78, 5) is 22.7. The molecule has 0 N–H and O–H groups in total. The van der Waals surface area contributed by atoms with E-state index in [4.69, 9.17) is 0 Å². The molecule has 1 aliphatic rings. The minimum atomic E-state index is -4.75. The Labute approximate surface area is 253 Å². The van der Waals surface area contributed by atoms with E-state index in [-0.39, 0.29) is 17.6 Å². The summed E-state index contributed by atoms with van der Waals surface area (Å²) < 4.78 is 41.5. The summed E-state index contributed by atoms with van der Waals surface area (Å²) in [6.07, 6.45) is 0.498. The fourth-order valence-electron chi connectivity index (χ4n) is 4.44. The lowest BCUT2D eigenvalue weighted by Crippen LogP contribution is -2.30. The number of amides is 1. The molecule has 1 aliphatic heterocycles. The first-order valence-electron chi connectivity index (χ1n) is 13.4. The Morgan fingerprint density at radius 3 is 2.47 bits per heavy atom. The van der Waals surface area contributed by atoms with E-state index in [2.05, 4.69) is 33.8 Å². The quantitative estimate of drug-likeness (QED) is 0.185. The second-order valence-electron chi connectivity index (χ2n) is 10.4. The van der Waals surface area contributed by atoms with Crippen molar-refractivity contribution >= 4 is 58.0 Å². The average Bonchev–Trinajstić information content (AvgIpc) is 3.31. The van der Waals surface area contributed by atoms with Crippen molar-refractivity contribution in [2.75, 3.05) is 41.6 Å². The van der Waals surface area contributed by atoms with E-state index in [0.717, 1.165) is 28.1 Å². The normalized spacial score (nSPS) is 15.2. The van der Waals surface area contributed by atoms with Crippen LogP contribution in [0, 0.1) is 0 Å². The second kappa shape index (κ2) is 13.3. The maximum Gasteiger partial charge on any atom is 0.573 e. The number of alkyl halides is 3. The van der Waals surface area contributed by atoms with Crippen molar-refractivity contribution in [1.29, 1.82) is 0 Å². The molecule has 0 radical (unpaired) electrons. The van der Waals surface area contributed by atoms with Crippen molar-refractivity contribution in [2.24, 2.45) is 10.2 Å². The Morgan fingerprint density at radius 2 is 1.81 bits per heavy atom. The average molecular weight is 611 g/mol. The van der Waals surface area contributed by atoms with Crippen molar-refractivity contribution in [3.05, 3.63) is 77.5 Å². The minimum absolute atomic E-state index is 0.0303. The highest BCUT2D eigenvalue weighted by molar-refractivity contribution is 8.15. The first kappa shape index (κ1) is 31.6. The van der Waals surface area contributed by atoms with Gasteiger partial charge in [-0.1, -0.05) is 43.8 Å². The van der Waals surface area contributed by atoms with Crippen LogP contribution in [0.3, 0.4) is 0 Å². The Balaban J connectivity index is 1.53. The molecule has 2 heterocycles. The third-order valence-electron chi connectivity index (χ3n) is 6.49. The highest BCUT2D eigenvalue weighted by Crippen LogP contribution is 2.34. The predicted octanol–water partition coefficient (Wildman–Crippen LogP) is 7.46. The number of pyridine rings is 1. The summed E-state index contributed by atoms with van der Waals surface area (Å²) in [7, 11) is 5.56. The van der Waals surface area contributed by atoms with Crippen LogP contribution in [-0.4, -0.2) is 55.5 Å². The number of carbonyl (C=O) groups is 1. The molecule has 1 saturated heterocycles. The highest BCUT2D eigenvalue weighted by Gasteiger charge is 2.32. The molecule has 1 aromatic heterocycles. The molecule has 2 aromatic carbocycles. The molecule has 1 amide bonds. The largest absolute Gasteiger partial charge is 0.573 e. The standard InChI is InChI=1S/C31H33F3N6O2S/c1-20(2)25-9-7-8-10-26(25)40-28(41)19-43-30(40)37-36-17-21(3)15-22-16-27(38(4)5)29(35-18-22)39(6)23-11-13-24(14-12-23)42-31(32,33)34/h7-18,20H,19H2,1-6H3/b21-15+,36-17+,37-30-. The molecule has 1 fully saturated rings. The van der Waals surface area contributed by atoms with Crippen LogP contribution in [0.5, 0.6) is 5.75 Å². The lowest BCUT2D eigenvalue weighted by molar-refractivity contribution is -0.274. The Hall–Kier alpha value is -4.32. The van der Waals surface area contributed by atoms with Gasteiger partial charge in [-0.25, -0.2) is 4.98 Å². The fraction of sp³-hybridized carbons (Fsp3) is 0.290. The van der Waals surface area contributed by atoms with Crippen LogP contribution in [0.2, 0.25) is 0 Å². The zero-order valence-electron chi connectivity index (χ0n) is 24.8. The van der Waals surface area contributed by atoms with Crippen molar-refractivity contribution in [2.45, 2.75) is 33.1 Å². The van der Waals surface area contributed by atoms with Gasteiger partial charge in [-0.3, -0.25) is 9.69 Å². The summed E-state index contributed by atoms with van der Waals surface area (Å²) in [5.41, 5.74) is 4.98. The number of benzene rings is 2. The topological polar surface area (TPSA) is 73.6 Å². The number of nitrogens with zero attached hydrogens (tertiary/aromatic N) is 6. The van der Waals surface area contributed by atoms with Crippen molar-refractivity contribution in [1.82, 2.24) is 4.98 Å². The van der Waals surface area contributed by atoms with E-state index in [1.54, 1.807) is 29.3 Å². The van der Waals surface area contributed by atoms with Crippen LogP contribution in [0.4, 0.5) is 36.1 Å². The lowest BCUT2D eigenvalue weighted by atomic mass is 10.0. The number of para-hydroxylation sites is 1. The van der Waals surface area contributed by atoms with Gasteiger partial charge in [-0.2, -0.15) is 5.10 Å². The molecule has 12 heteroatoms. The number of rotatable bonds is 9. The van der Waals surface area contributed by atoms with Gasteiger partial charge in [0.1, 0.15) is 5.75 Å². The lowest BCUT2D eigenvalue weighted by Gasteiger charge is -2.25. The number of hydrogen-bond acceptors (Lipinski definition) is 8. The van der Waals surface area contributed by atoms with E-state index in [9.17, 15) is 18.0 Å². The van der Waals surface area contributed by atoms with E-state index >= 15 is 0 Å². The number of anilines is 4. The monoisotopic (exact) mass is 610 g/mol. The highest BCUT2D eigenvalue weighted by atomic mass is 32.2. The minimum Gasteiger partial charge on any atom is -0.406 e. The number of carbonyl (C=O) groups excluding carboxylic acids is 1. The van der Waals surface area contributed by atoms with Crippen molar-refractivity contribution in [3.8, 4) is 5.75 Å². The number of hydrogen-bond donors (Lipinski definition) is 0. The number of amidine groups is 1. The van der Waals surface area contributed by atoms with E-state index < -0.39 is 6.36 Å². The van der Waals surface area contributed by atoms with Gasteiger partial charge in [-0.15, -0.1) is 18.3 Å². The molecule has 0 atom stereocenters. The molecule has 8 nitrogen and oxygen atoms in total. The third-order valence-corrected chi connectivity index (χ3v) is 7.40. The molecule has 0 aliphatic carbocycles. The van der Waals surface area contributed by atoms with E-state index in [0.29, 0.717) is 22.4 Å².